The van der Waals surface area contributed by atoms with Gasteiger partial charge in [0.1, 0.15) is 6.10 Å². The van der Waals surface area contributed by atoms with Crippen molar-refractivity contribution >= 4 is 44.1 Å². The van der Waals surface area contributed by atoms with Crippen molar-refractivity contribution in [2.75, 3.05) is 19.1 Å². The lowest BCUT2D eigenvalue weighted by atomic mass is 9.77. The number of fused-ring (bicyclic) bond motifs is 1. The number of methoxy groups -OCH3 is 2. The van der Waals surface area contributed by atoms with Crippen LogP contribution in [0.25, 0.3) is 0 Å². The third kappa shape index (κ3) is 3.25. The van der Waals surface area contributed by atoms with Crippen molar-refractivity contribution in [1.29, 1.82) is 0 Å². The smallest absolute Gasteiger partial charge is 0.296 e. The van der Waals surface area contributed by atoms with E-state index in [0.717, 1.165) is 18.4 Å². The summed E-state index contributed by atoms with van der Waals surface area (Å²) in [6.45, 7) is 0. The topological polar surface area (TPSA) is 78.0 Å². The number of aromatic nitrogens is 1. The fourth-order valence-corrected chi connectivity index (χ4v) is 6.02. The number of carbonyl (C=O) groups excluding carboxylic acids is 2. The van der Waals surface area contributed by atoms with Crippen LogP contribution in [0, 0.1) is 5.92 Å². The number of carbonyl (C=O) groups is 2. The lowest BCUT2D eigenvalue weighted by molar-refractivity contribution is -0.131. The number of anilines is 1. The van der Waals surface area contributed by atoms with Gasteiger partial charge in [-0.3, -0.25) is 14.5 Å². The largest absolute Gasteiger partial charge is 0.493 e. The van der Waals surface area contributed by atoms with E-state index in [1.807, 2.05) is 11.4 Å². The zero-order valence-electron chi connectivity index (χ0n) is 17.0. The highest BCUT2D eigenvalue weighted by Gasteiger charge is 2.53. The summed E-state index contributed by atoms with van der Waals surface area (Å²) in [5.41, 5.74) is 1.16. The van der Waals surface area contributed by atoms with Gasteiger partial charge in [-0.15, -0.1) is 11.3 Å². The van der Waals surface area contributed by atoms with Crippen molar-refractivity contribution in [1.82, 2.24) is 4.98 Å². The van der Waals surface area contributed by atoms with Gasteiger partial charge in [0.2, 0.25) is 0 Å². The molecule has 7 nitrogen and oxygen atoms in total. The zero-order chi connectivity index (χ0) is 21.7. The molecule has 0 N–H and O–H groups in total. The van der Waals surface area contributed by atoms with Crippen molar-refractivity contribution in [3.63, 3.8) is 0 Å². The molecule has 4 atom stereocenters. The number of benzene rings is 1. The standard InChI is InChI=1S/C22H21BrN2O5S/c1-28-15-5-3-11(9-16(15)29-2)18-17-19(26)13-10-12(23)4-6-14(13)30-20(17)21(27)25(18)22-24-7-8-31-22/h3,5,7-9,12-14,18H,4,6,10H2,1-2H3. The number of ketones is 1. The van der Waals surface area contributed by atoms with Crippen molar-refractivity contribution in [2.24, 2.45) is 5.92 Å². The molecule has 9 heteroatoms. The zero-order valence-corrected chi connectivity index (χ0v) is 19.4. The van der Waals surface area contributed by atoms with E-state index >= 15 is 0 Å². The van der Waals surface area contributed by atoms with Gasteiger partial charge in [0.25, 0.3) is 5.91 Å². The Morgan fingerprint density at radius 2 is 2.00 bits per heavy atom. The van der Waals surface area contributed by atoms with Crippen molar-refractivity contribution in [2.45, 2.75) is 36.2 Å². The number of ether oxygens (including phenoxy) is 3. The number of Topliss-reactive ketones (excluding diaryl/α,β-unsaturated/α-hetero) is 1. The van der Waals surface area contributed by atoms with E-state index in [-0.39, 0.29) is 34.3 Å². The number of halogens is 1. The molecule has 31 heavy (non-hydrogen) atoms. The summed E-state index contributed by atoms with van der Waals surface area (Å²) in [5, 5.41) is 2.33. The molecular formula is C22H21BrN2O5S. The van der Waals surface area contributed by atoms with Crippen LogP contribution < -0.4 is 14.4 Å². The van der Waals surface area contributed by atoms with E-state index in [2.05, 4.69) is 20.9 Å². The molecule has 0 radical (unpaired) electrons. The maximum Gasteiger partial charge on any atom is 0.296 e. The predicted molar refractivity (Wildman–Crippen MR) is 119 cm³/mol. The molecule has 0 bridgehead atoms. The van der Waals surface area contributed by atoms with Crippen LogP contribution in [0.3, 0.4) is 0 Å². The number of alkyl halides is 1. The van der Waals surface area contributed by atoms with Gasteiger partial charge in [0.05, 0.1) is 31.8 Å². The monoisotopic (exact) mass is 504 g/mol. The Morgan fingerprint density at radius 3 is 2.71 bits per heavy atom. The lowest BCUT2D eigenvalue weighted by Crippen LogP contribution is -2.41. The third-order valence-corrected chi connectivity index (χ3v) is 7.73. The van der Waals surface area contributed by atoms with Crippen LogP contribution in [0.1, 0.15) is 30.9 Å². The molecule has 162 valence electrons. The Labute approximate surface area is 192 Å². The first-order valence-corrected chi connectivity index (χ1v) is 11.9. The van der Waals surface area contributed by atoms with Crippen LogP contribution in [0.15, 0.2) is 41.1 Å². The molecule has 1 aliphatic carbocycles. The predicted octanol–water partition coefficient (Wildman–Crippen LogP) is 4.03. The fourth-order valence-electron chi connectivity index (χ4n) is 4.69. The SMILES string of the molecule is COc1ccc(C2C3=C(OC4CCC(Br)CC4C3=O)C(=O)N2c2nccs2)cc1OC. The van der Waals surface area contributed by atoms with E-state index in [1.54, 1.807) is 37.4 Å². The maximum absolute atomic E-state index is 13.7. The van der Waals surface area contributed by atoms with Gasteiger partial charge >= 0.3 is 0 Å². The molecule has 3 heterocycles. The molecule has 5 rings (SSSR count). The summed E-state index contributed by atoms with van der Waals surface area (Å²) in [5.74, 6) is 0.671. The molecular weight excluding hydrogens is 484 g/mol. The van der Waals surface area contributed by atoms with Crippen molar-refractivity contribution in [3.8, 4) is 11.5 Å². The quantitative estimate of drug-likeness (QED) is 0.584. The Hall–Kier alpha value is -2.39. The Morgan fingerprint density at radius 1 is 1.19 bits per heavy atom. The number of rotatable bonds is 4. The first-order chi connectivity index (χ1) is 15.0. The van der Waals surface area contributed by atoms with E-state index < -0.39 is 6.04 Å². The van der Waals surface area contributed by atoms with Gasteiger partial charge in [0.15, 0.2) is 28.2 Å². The highest BCUT2D eigenvalue weighted by molar-refractivity contribution is 9.09. The second-order valence-corrected chi connectivity index (χ2v) is 9.95. The number of thiazole rings is 1. The molecule has 2 aliphatic heterocycles. The molecule has 3 aliphatic rings. The van der Waals surface area contributed by atoms with Gasteiger partial charge in [-0.1, -0.05) is 22.0 Å². The third-order valence-electron chi connectivity index (χ3n) is 6.13. The molecule has 2 aromatic rings. The Kier molecular flexibility index (Phi) is 5.26. The van der Waals surface area contributed by atoms with Crippen LogP contribution in [0.5, 0.6) is 11.5 Å². The average molecular weight is 505 g/mol. The van der Waals surface area contributed by atoms with Crippen molar-refractivity contribution < 1.29 is 23.8 Å². The second kappa shape index (κ2) is 7.94. The van der Waals surface area contributed by atoms with Crippen LogP contribution in [-0.2, 0) is 14.3 Å². The highest BCUT2D eigenvalue weighted by atomic mass is 79.9. The minimum Gasteiger partial charge on any atom is -0.493 e. The Bertz CT molecular complexity index is 1070. The normalized spacial score (nSPS) is 27.6. The summed E-state index contributed by atoms with van der Waals surface area (Å²) in [6, 6.07) is 4.81. The number of hydrogen-bond acceptors (Lipinski definition) is 7. The fraction of sp³-hybridized carbons (Fsp3) is 0.409. The minimum absolute atomic E-state index is 0.0115. The second-order valence-electron chi connectivity index (χ2n) is 7.79. The Balaban J connectivity index is 1.65. The van der Waals surface area contributed by atoms with E-state index in [9.17, 15) is 9.59 Å². The summed E-state index contributed by atoms with van der Waals surface area (Å²) >= 11 is 5.01. The van der Waals surface area contributed by atoms with E-state index in [4.69, 9.17) is 14.2 Å². The van der Waals surface area contributed by atoms with Gasteiger partial charge < -0.3 is 14.2 Å². The van der Waals surface area contributed by atoms with Gasteiger partial charge in [-0.2, -0.15) is 0 Å². The highest BCUT2D eigenvalue weighted by Crippen LogP contribution is 2.49. The maximum atomic E-state index is 13.7. The van der Waals surface area contributed by atoms with Crippen LogP contribution in [-0.4, -0.2) is 41.8 Å². The molecule has 1 saturated carbocycles. The summed E-state index contributed by atoms with van der Waals surface area (Å²) in [6.07, 6.45) is 3.75. The minimum atomic E-state index is -0.627. The van der Waals surface area contributed by atoms with Crippen LogP contribution in [0.2, 0.25) is 0 Å². The summed E-state index contributed by atoms with van der Waals surface area (Å²) in [4.78, 5) is 33.4. The number of hydrogen-bond donors (Lipinski definition) is 0. The van der Waals surface area contributed by atoms with Gasteiger partial charge in [-0.25, -0.2) is 4.98 Å². The number of nitrogens with zero attached hydrogens (tertiary/aromatic N) is 2. The number of amides is 1. The summed E-state index contributed by atoms with van der Waals surface area (Å²) < 4.78 is 17.0. The van der Waals surface area contributed by atoms with Crippen LogP contribution in [0.4, 0.5) is 5.13 Å². The van der Waals surface area contributed by atoms with Gasteiger partial charge in [0, 0.05) is 16.4 Å². The molecule has 4 unspecified atom stereocenters. The van der Waals surface area contributed by atoms with Crippen LogP contribution >= 0.6 is 27.3 Å². The molecule has 1 fully saturated rings. The van der Waals surface area contributed by atoms with E-state index in [0.29, 0.717) is 28.6 Å². The van der Waals surface area contributed by atoms with E-state index in [1.165, 1.54) is 11.3 Å². The molecule has 1 aromatic heterocycles. The molecule has 1 amide bonds. The first kappa shape index (κ1) is 20.5. The molecule has 0 spiro atoms. The summed E-state index contributed by atoms with van der Waals surface area (Å²) in [7, 11) is 3.12. The van der Waals surface area contributed by atoms with Crippen molar-refractivity contribution in [3.05, 3.63) is 46.7 Å². The lowest BCUT2D eigenvalue weighted by Gasteiger charge is -2.37. The molecule has 0 saturated heterocycles. The first-order valence-electron chi connectivity index (χ1n) is 10.1. The average Bonchev–Trinajstić information content (AvgIpc) is 3.40. The van der Waals surface area contributed by atoms with Gasteiger partial charge in [-0.05, 0) is 37.0 Å². The molecule has 1 aromatic carbocycles.